The first-order valence-corrected chi connectivity index (χ1v) is 7.35. The summed E-state index contributed by atoms with van der Waals surface area (Å²) >= 11 is 0. The van der Waals surface area contributed by atoms with E-state index in [-0.39, 0.29) is 17.9 Å². The van der Waals surface area contributed by atoms with Crippen LogP contribution in [0, 0.1) is 0 Å². The van der Waals surface area contributed by atoms with Gasteiger partial charge in [-0.05, 0) is 35.2 Å². The van der Waals surface area contributed by atoms with Gasteiger partial charge in [-0.1, -0.05) is 39.0 Å². The van der Waals surface area contributed by atoms with E-state index in [0.717, 1.165) is 5.69 Å². The van der Waals surface area contributed by atoms with Gasteiger partial charge >= 0.3 is 0 Å². The van der Waals surface area contributed by atoms with Crippen molar-refractivity contribution >= 4 is 5.91 Å². The van der Waals surface area contributed by atoms with Crippen LogP contribution in [-0.4, -0.2) is 17.5 Å². The number of nitrogens with one attached hydrogen (secondary N) is 1. The van der Waals surface area contributed by atoms with E-state index in [1.54, 1.807) is 6.20 Å². The maximum Gasteiger partial charge on any atom is 0.258 e. The zero-order valence-electron chi connectivity index (χ0n) is 13.3. The standard InChI is InChI=1S/C18H22N2O2/c1-18(2,3)14-7-9-16(10-8-14)22-13-17(21)20-12-15-6-4-5-11-19-15/h4-11H,12-13H2,1-3H3,(H,20,21). The van der Waals surface area contributed by atoms with E-state index >= 15 is 0 Å². The Morgan fingerprint density at radius 3 is 2.45 bits per heavy atom. The lowest BCUT2D eigenvalue weighted by atomic mass is 9.87. The van der Waals surface area contributed by atoms with Crippen molar-refractivity contribution in [2.75, 3.05) is 6.61 Å². The molecule has 116 valence electrons. The van der Waals surface area contributed by atoms with Crippen LogP contribution in [-0.2, 0) is 16.8 Å². The van der Waals surface area contributed by atoms with E-state index in [4.69, 9.17) is 4.74 Å². The van der Waals surface area contributed by atoms with Crippen molar-refractivity contribution in [1.82, 2.24) is 10.3 Å². The molecule has 0 saturated heterocycles. The zero-order chi connectivity index (χ0) is 16.0. The van der Waals surface area contributed by atoms with Crippen LogP contribution in [0.2, 0.25) is 0 Å². The van der Waals surface area contributed by atoms with E-state index in [1.165, 1.54) is 5.56 Å². The van der Waals surface area contributed by atoms with Crippen molar-refractivity contribution in [3.63, 3.8) is 0 Å². The molecule has 0 atom stereocenters. The normalized spacial score (nSPS) is 11.0. The number of amides is 1. The smallest absolute Gasteiger partial charge is 0.258 e. The van der Waals surface area contributed by atoms with Gasteiger partial charge in [0.2, 0.25) is 0 Å². The van der Waals surface area contributed by atoms with Gasteiger partial charge in [0.1, 0.15) is 5.75 Å². The lowest BCUT2D eigenvalue weighted by molar-refractivity contribution is -0.123. The lowest BCUT2D eigenvalue weighted by Crippen LogP contribution is -2.28. The summed E-state index contributed by atoms with van der Waals surface area (Å²) in [6.07, 6.45) is 1.70. The molecular weight excluding hydrogens is 276 g/mol. The summed E-state index contributed by atoms with van der Waals surface area (Å²) in [7, 11) is 0. The van der Waals surface area contributed by atoms with Crippen LogP contribution in [0.3, 0.4) is 0 Å². The quantitative estimate of drug-likeness (QED) is 0.923. The average Bonchev–Trinajstić information content (AvgIpc) is 2.51. The minimum atomic E-state index is -0.162. The highest BCUT2D eigenvalue weighted by molar-refractivity contribution is 5.77. The molecule has 22 heavy (non-hydrogen) atoms. The van der Waals surface area contributed by atoms with Crippen LogP contribution in [0.1, 0.15) is 32.0 Å². The van der Waals surface area contributed by atoms with Crippen molar-refractivity contribution in [3.8, 4) is 5.75 Å². The molecule has 4 nitrogen and oxygen atoms in total. The number of rotatable bonds is 5. The molecule has 1 aromatic carbocycles. The van der Waals surface area contributed by atoms with Gasteiger partial charge in [-0.25, -0.2) is 0 Å². The SMILES string of the molecule is CC(C)(C)c1ccc(OCC(=O)NCc2ccccn2)cc1. The van der Waals surface area contributed by atoms with Gasteiger partial charge < -0.3 is 10.1 Å². The highest BCUT2D eigenvalue weighted by Gasteiger charge is 2.13. The molecule has 0 aliphatic rings. The highest BCUT2D eigenvalue weighted by atomic mass is 16.5. The molecule has 1 amide bonds. The van der Waals surface area contributed by atoms with E-state index < -0.39 is 0 Å². The van der Waals surface area contributed by atoms with Crippen molar-refractivity contribution < 1.29 is 9.53 Å². The van der Waals surface area contributed by atoms with Crippen LogP contribution in [0.25, 0.3) is 0 Å². The highest BCUT2D eigenvalue weighted by Crippen LogP contribution is 2.24. The first kappa shape index (κ1) is 16.0. The Hall–Kier alpha value is -2.36. The van der Waals surface area contributed by atoms with Gasteiger partial charge in [-0.2, -0.15) is 0 Å². The van der Waals surface area contributed by atoms with E-state index in [1.807, 2.05) is 42.5 Å². The number of hydrogen-bond acceptors (Lipinski definition) is 3. The molecule has 2 rings (SSSR count). The van der Waals surface area contributed by atoms with E-state index in [9.17, 15) is 4.79 Å². The third-order valence-corrected chi connectivity index (χ3v) is 3.28. The molecule has 0 unspecified atom stereocenters. The van der Waals surface area contributed by atoms with Gasteiger partial charge in [0, 0.05) is 6.20 Å². The monoisotopic (exact) mass is 298 g/mol. The summed E-state index contributed by atoms with van der Waals surface area (Å²) in [5, 5.41) is 2.78. The first-order valence-electron chi connectivity index (χ1n) is 7.35. The average molecular weight is 298 g/mol. The molecule has 1 aromatic heterocycles. The Morgan fingerprint density at radius 1 is 1.14 bits per heavy atom. The Morgan fingerprint density at radius 2 is 1.86 bits per heavy atom. The van der Waals surface area contributed by atoms with Crippen molar-refractivity contribution in [1.29, 1.82) is 0 Å². The van der Waals surface area contributed by atoms with Crippen LogP contribution < -0.4 is 10.1 Å². The zero-order valence-corrected chi connectivity index (χ0v) is 13.3. The fourth-order valence-electron chi connectivity index (χ4n) is 1.94. The Labute approximate surface area is 131 Å². The molecule has 1 N–H and O–H groups in total. The first-order chi connectivity index (χ1) is 10.4. The molecule has 0 fully saturated rings. The number of carbonyl (C=O) groups is 1. The van der Waals surface area contributed by atoms with E-state index in [0.29, 0.717) is 12.3 Å². The van der Waals surface area contributed by atoms with Crippen molar-refractivity contribution in [3.05, 3.63) is 59.9 Å². The summed E-state index contributed by atoms with van der Waals surface area (Å²) in [5.74, 6) is 0.534. The second-order valence-corrected chi connectivity index (χ2v) is 6.16. The van der Waals surface area contributed by atoms with Crippen LogP contribution in [0.4, 0.5) is 0 Å². The summed E-state index contributed by atoms with van der Waals surface area (Å²) < 4.78 is 5.49. The van der Waals surface area contributed by atoms with Gasteiger partial charge in [0.25, 0.3) is 5.91 Å². The molecule has 0 aliphatic heterocycles. The summed E-state index contributed by atoms with van der Waals surface area (Å²) in [5.41, 5.74) is 2.17. The molecule has 1 heterocycles. The molecular formula is C18H22N2O2. The predicted molar refractivity (Wildman–Crippen MR) is 86.7 cm³/mol. The predicted octanol–water partition coefficient (Wildman–Crippen LogP) is 3.07. The Balaban J connectivity index is 1.79. The fourth-order valence-corrected chi connectivity index (χ4v) is 1.94. The van der Waals surface area contributed by atoms with Gasteiger partial charge in [-0.3, -0.25) is 9.78 Å². The minimum absolute atomic E-state index is 0.00168. The van der Waals surface area contributed by atoms with Crippen molar-refractivity contribution in [2.45, 2.75) is 32.7 Å². The number of ether oxygens (including phenoxy) is 1. The Kier molecular flexibility index (Phi) is 5.15. The summed E-state index contributed by atoms with van der Waals surface area (Å²) in [6, 6.07) is 13.4. The summed E-state index contributed by atoms with van der Waals surface area (Å²) in [4.78, 5) is 15.9. The minimum Gasteiger partial charge on any atom is -0.484 e. The maximum absolute atomic E-state index is 11.8. The molecule has 0 spiro atoms. The largest absolute Gasteiger partial charge is 0.484 e. The number of carbonyl (C=O) groups excluding carboxylic acids is 1. The molecule has 0 aliphatic carbocycles. The fraction of sp³-hybridized carbons (Fsp3) is 0.333. The molecule has 4 heteroatoms. The number of nitrogens with zero attached hydrogens (tertiary/aromatic N) is 1. The Bertz CT molecular complexity index is 601. The lowest BCUT2D eigenvalue weighted by Gasteiger charge is -2.19. The van der Waals surface area contributed by atoms with Crippen LogP contribution >= 0.6 is 0 Å². The number of aromatic nitrogens is 1. The van der Waals surface area contributed by atoms with Gasteiger partial charge in [-0.15, -0.1) is 0 Å². The third kappa shape index (κ3) is 4.88. The van der Waals surface area contributed by atoms with Gasteiger partial charge in [0.15, 0.2) is 6.61 Å². The second-order valence-electron chi connectivity index (χ2n) is 6.16. The van der Waals surface area contributed by atoms with Crippen molar-refractivity contribution in [2.24, 2.45) is 0 Å². The summed E-state index contributed by atoms with van der Waals surface area (Å²) in [6.45, 7) is 6.89. The second kappa shape index (κ2) is 7.07. The molecule has 2 aromatic rings. The number of benzene rings is 1. The van der Waals surface area contributed by atoms with E-state index in [2.05, 4.69) is 31.1 Å². The number of hydrogen-bond donors (Lipinski definition) is 1. The molecule has 0 bridgehead atoms. The van der Waals surface area contributed by atoms with Gasteiger partial charge in [0.05, 0.1) is 12.2 Å². The topological polar surface area (TPSA) is 51.2 Å². The maximum atomic E-state index is 11.8. The third-order valence-electron chi connectivity index (χ3n) is 3.28. The molecule has 0 saturated carbocycles. The molecule has 0 radical (unpaired) electrons. The van der Waals surface area contributed by atoms with Crippen LogP contribution in [0.15, 0.2) is 48.7 Å². The number of pyridine rings is 1. The van der Waals surface area contributed by atoms with Crippen LogP contribution in [0.5, 0.6) is 5.75 Å².